The Balaban J connectivity index is 1.35. The van der Waals surface area contributed by atoms with Crippen LogP contribution in [0.2, 0.25) is 0 Å². The smallest absolute Gasteiger partial charge is 0.326 e. The topological polar surface area (TPSA) is 159 Å². The second-order valence-corrected chi connectivity index (χ2v) is 13.7. The van der Waals surface area contributed by atoms with Crippen LogP contribution in [-0.2, 0) is 43.2 Å². The lowest BCUT2D eigenvalue weighted by atomic mass is 9.58. The van der Waals surface area contributed by atoms with Gasteiger partial charge in [0.1, 0.15) is 12.1 Å². The number of esters is 1. The number of fused-ring (bicyclic) bond motifs is 2. The van der Waals surface area contributed by atoms with Gasteiger partial charge < -0.3 is 30.0 Å². The fourth-order valence-corrected chi connectivity index (χ4v) is 7.32. The average Bonchev–Trinajstić information content (AvgIpc) is 3.17. The molecule has 4 saturated heterocycles. The van der Waals surface area contributed by atoms with Crippen LogP contribution in [0.4, 0.5) is 0 Å². The number of carbonyl (C=O) groups excluding carboxylic acids is 3. The second kappa shape index (κ2) is 13.4. The summed E-state index contributed by atoms with van der Waals surface area (Å²) in [5.74, 6) is -3.55. The van der Waals surface area contributed by atoms with Gasteiger partial charge in [-0.05, 0) is 56.3 Å². The molecule has 3 N–H and O–H groups in total. The minimum atomic E-state index is -1.13. The van der Waals surface area contributed by atoms with Gasteiger partial charge in [0.15, 0.2) is 11.9 Å². The Labute approximate surface area is 254 Å². The Kier molecular flexibility index (Phi) is 10.5. The van der Waals surface area contributed by atoms with E-state index in [9.17, 15) is 24.3 Å². The number of aliphatic carboxylic acids is 1. The number of hydrogen-bond acceptors (Lipinski definition) is 9. The largest absolute Gasteiger partial charge is 0.480 e. The van der Waals surface area contributed by atoms with Crippen LogP contribution in [0.5, 0.6) is 0 Å². The lowest BCUT2D eigenvalue weighted by Crippen LogP contribution is -2.70. The highest BCUT2D eigenvalue weighted by Gasteiger charge is 2.69. The highest BCUT2D eigenvalue weighted by Crippen LogP contribution is 2.60. The summed E-state index contributed by atoms with van der Waals surface area (Å²) in [7, 11) is 0. The van der Waals surface area contributed by atoms with E-state index in [4.69, 9.17) is 24.0 Å². The van der Waals surface area contributed by atoms with Crippen molar-refractivity contribution in [2.75, 3.05) is 0 Å². The first-order chi connectivity index (χ1) is 20.2. The van der Waals surface area contributed by atoms with E-state index in [1.54, 1.807) is 6.92 Å². The molecule has 43 heavy (non-hydrogen) atoms. The number of nitrogens with one attached hydrogen (secondary N) is 2. The van der Waals surface area contributed by atoms with Crippen LogP contribution in [0, 0.1) is 35.5 Å². The Morgan fingerprint density at radius 1 is 1.00 bits per heavy atom. The van der Waals surface area contributed by atoms with E-state index >= 15 is 0 Å². The molecule has 11 atom stereocenters. The van der Waals surface area contributed by atoms with Crippen molar-refractivity contribution in [1.82, 2.24) is 10.6 Å². The van der Waals surface area contributed by atoms with E-state index in [0.717, 1.165) is 19.3 Å². The van der Waals surface area contributed by atoms with Gasteiger partial charge in [0.2, 0.25) is 23.9 Å². The normalized spacial score (nSPS) is 36.9. The molecule has 4 aliphatic heterocycles. The molecule has 1 saturated carbocycles. The highest BCUT2D eigenvalue weighted by molar-refractivity contribution is 5.91. The van der Waals surface area contributed by atoms with Crippen molar-refractivity contribution in [3.8, 4) is 0 Å². The van der Waals surface area contributed by atoms with Crippen LogP contribution in [0.15, 0.2) is 0 Å². The summed E-state index contributed by atoms with van der Waals surface area (Å²) in [6.07, 6.45) is 2.31. The second-order valence-electron chi connectivity index (χ2n) is 13.7. The molecular formula is C31H50N2O10. The number of carboxylic acid groups (broad SMARTS) is 1. The summed E-state index contributed by atoms with van der Waals surface area (Å²) >= 11 is 0. The molecule has 1 spiro atoms. The maximum atomic E-state index is 13.0. The summed E-state index contributed by atoms with van der Waals surface area (Å²) in [6.45, 7) is 13.4. The van der Waals surface area contributed by atoms with Crippen LogP contribution in [0.25, 0.3) is 0 Å². The molecule has 5 aliphatic rings. The molecule has 0 unspecified atom stereocenters. The Morgan fingerprint density at radius 2 is 1.72 bits per heavy atom. The van der Waals surface area contributed by atoms with Crippen LogP contribution in [-0.4, -0.2) is 64.9 Å². The Morgan fingerprint density at radius 3 is 2.37 bits per heavy atom. The van der Waals surface area contributed by atoms with E-state index in [0.29, 0.717) is 25.2 Å². The molecule has 244 valence electrons. The molecule has 12 nitrogen and oxygen atoms in total. The molecule has 0 aromatic heterocycles. The van der Waals surface area contributed by atoms with Crippen molar-refractivity contribution >= 4 is 23.8 Å². The standard InChI is InChI=1S/C31H50N2O10/c1-8-17(4)25(27(37)38)33-26(36)22(15-16(2)3)32-23(34)11-12-24(35)39-28-19(6)21-10-9-18(5)20-13-14-30(7)41-29(40-28)31(20,21)43-42-30/h16-22,25,28-29H,8-15H2,1-7H3,(H,32,34)(H,33,36)(H,37,38)/t17-,18+,19+,20-,21-,22-,25-,28+,29-,30+,31+/m0/s1. The molecule has 1 aliphatic carbocycles. The fourth-order valence-electron chi connectivity index (χ4n) is 7.32. The Hall–Kier alpha value is -2.28. The number of ether oxygens (including phenoxy) is 3. The molecule has 0 aromatic rings. The molecule has 4 heterocycles. The molecule has 0 aromatic carbocycles. The third-order valence-electron chi connectivity index (χ3n) is 10.0. The van der Waals surface area contributed by atoms with Crippen molar-refractivity contribution in [1.29, 1.82) is 0 Å². The van der Waals surface area contributed by atoms with Crippen molar-refractivity contribution in [2.45, 2.75) is 136 Å². The van der Waals surface area contributed by atoms with E-state index in [-0.39, 0.29) is 42.4 Å². The summed E-state index contributed by atoms with van der Waals surface area (Å²) in [5.41, 5.74) is -0.767. The maximum absolute atomic E-state index is 13.0. The van der Waals surface area contributed by atoms with Gasteiger partial charge in [-0.2, -0.15) is 0 Å². The highest BCUT2D eigenvalue weighted by atomic mass is 17.3. The van der Waals surface area contributed by atoms with Crippen LogP contribution < -0.4 is 10.6 Å². The zero-order chi connectivity index (χ0) is 31.7. The van der Waals surface area contributed by atoms with Crippen molar-refractivity contribution in [2.24, 2.45) is 35.5 Å². The molecule has 2 bridgehead atoms. The summed E-state index contributed by atoms with van der Waals surface area (Å²) in [5, 5.41) is 14.8. The first-order valence-electron chi connectivity index (χ1n) is 15.9. The average molecular weight is 611 g/mol. The monoisotopic (exact) mass is 610 g/mol. The molecule has 0 radical (unpaired) electrons. The van der Waals surface area contributed by atoms with Gasteiger partial charge in [0, 0.05) is 24.7 Å². The molecule has 5 fully saturated rings. The molecular weight excluding hydrogens is 560 g/mol. The Bertz CT molecular complexity index is 1050. The first kappa shape index (κ1) is 33.6. The first-order valence-corrected chi connectivity index (χ1v) is 15.9. The minimum absolute atomic E-state index is 0.00319. The van der Waals surface area contributed by atoms with Gasteiger partial charge in [-0.1, -0.05) is 48.0 Å². The van der Waals surface area contributed by atoms with Crippen LogP contribution >= 0.6 is 0 Å². The zero-order valence-corrected chi connectivity index (χ0v) is 26.6. The zero-order valence-electron chi connectivity index (χ0n) is 26.6. The van der Waals surface area contributed by atoms with E-state index in [2.05, 4.69) is 17.6 Å². The maximum Gasteiger partial charge on any atom is 0.326 e. The van der Waals surface area contributed by atoms with E-state index < -0.39 is 59.8 Å². The molecule has 5 rings (SSSR count). The van der Waals surface area contributed by atoms with Crippen molar-refractivity contribution in [3.05, 3.63) is 0 Å². The number of carbonyl (C=O) groups is 4. The van der Waals surface area contributed by atoms with E-state index in [1.807, 2.05) is 34.6 Å². The number of amides is 2. The van der Waals surface area contributed by atoms with Crippen molar-refractivity contribution in [3.63, 3.8) is 0 Å². The number of rotatable bonds is 12. The SMILES string of the molecule is CC[C@H](C)[C@H](NC(=O)[C@H](CC(C)C)NC(=O)CCC(=O)O[C@@H]1O[C@H]2O[C@@]3(C)CC[C@H]4[C@H](C)CC[C@@H]([C@H]1C)[C@@]24OO3)C(=O)O. The summed E-state index contributed by atoms with van der Waals surface area (Å²) in [4.78, 5) is 62.4. The predicted octanol–water partition coefficient (Wildman–Crippen LogP) is 3.66. The number of carboxylic acids is 1. The number of hydrogen-bond donors (Lipinski definition) is 3. The minimum Gasteiger partial charge on any atom is -0.480 e. The van der Waals surface area contributed by atoms with E-state index in [1.165, 1.54) is 0 Å². The molecule has 12 heteroatoms. The van der Waals surface area contributed by atoms with Gasteiger partial charge in [0.25, 0.3) is 0 Å². The van der Waals surface area contributed by atoms with Gasteiger partial charge in [0.05, 0.1) is 6.42 Å². The lowest BCUT2D eigenvalue weighted by molar-refractivity contribution is -0.576. The van der Waals surface area contributed by atoms with Gasteiger partial charge >= 0.3 is 11.9 Å². The fraction of sp³-hybridized carbons (Fsp3) is 0.871. The molecule has 2 amide bonds. The summed E-state index contributed by atoms with van der Waals surface area (Å²) < 4.78 is 18.4. The van der Waals surface area contributed by atoms with Gasteiger partial charge in [-0.3, -0.25) is 14.4 Å². The van der Waals surface area contributed by atoms with Gasteiger partial charge in [-0.25, -0.2) is 14.6 Å². The summed E-state index contributed by atoms with van der Waals surface area (Å²) in [6, 6.07) is -1.99. The quantitative estimate of drug-likeness (QED) is 0.220. The van der Waals surface area contributed by atoms with Crippen LogP contribution in [0.3, 0.4) is 0 Å². The lowest BCUT2D eigenvalue weighted by Gasteiger charge is -2.59. The van der Waals surface area contributed by atoms with Gasteiger partial charge in [-0.15, -0.1) is 0 Å². The predicted molar refractivity (Wildman–Crippen MR) is 153 cm³/mol. The third-order valence-corrected chi connectivity index (χ3v) is 10.0. The third kappa shape index (κ3) is 7.02. The van der Waals surface area contributed by atoms with Crippen molar-refractivity contribution < 1.29 is 48.3 Å². The van der Waals surface area contributed by atoms with Crippen LogP contribution in [0.1, 0.15) is 99.8 Å².